The smallest absolute Gasteiger partial charge is 0.370 e. The molecular formula is C21H19F3N2O. The van der Waals surface area contributed by atoms with Crippen molar-refractivity contribution in [1.29, 1.82) is 0 Å². The van der Waals surface area contributed by atoms with Gasteiger partial charge in [-0.3, -0.25) is 9.88 Å². The zero-order chi connectivity index (χ0) is 18.9. The highest BCUT2D eigenvalue weighted by molar-refractivity contribution is 5.44. The number of alkyl halides is 3. The highest BCUT2D eigenvalue weighted by Gasteiger charge is 2.42. The van der Waals surface area contributed by atoms with E-state index in [4.69, 9.17) is 4.74 Å². The van der Waals surface area contributed by atoms with Crippen LogP contribution in [0.1, 0.15) is 34.9 Å². The van der Waals surface area contributed by atoms with E-state index in [1.165, 1.54) is 4.90 Å². The van der Waals surface area contributed by atoms with Gasteiger partial charge in [-0.05, 0) is 31.0 Å². The van der Waals surface area contributed by atoms with Crippen molar-refractivity contribution in [3.05, 3.63) is 65.0 Å². The molecule has 1 aliphatic carbocycles. The number of morpholine rings is 1. The molecule has 1 aromatic carbocycles. The minimum atomic E-state index is -4.20. The molecule has 0 N–H and O–H groups in total. The fraction of sp³-hybridized carbons (Fsp3) is 0.381. The summed E-state index contributed by atoms with van der Waals surface area (Å²) in [6, 6.07) is 11.3. The SMILES string of the molecule is FC(F)(F)CN1CCO[C@@H]2c3cc(C#Cc4ccccc4)cnc3CC[C@@H]21. The van der Waals surface area contributed by atoms with Gasteiger partial charge in [-0.25, -0.2) is 0 Å². The lowest BCUT2D eigenvalue weighted by atomic mass is 9.86. The van der Waals surface area contributed by atoms with Gasteiger partial charge in [0, 0.05) is 41.2 Å². The number of rotatable bonds is 1. The van der Waals surface area contributed by atoms with Gasteiger partial charge in [0.2, 0.25) is 0 Å². The number of benzene rings is 1. The number of fused-ring (bicyclic) bond motifs is 3. The van der Waals surface area contributed by atoms with E-state index >= 15 is 0 Å². The van der Waals surface area contributed by atoms with Gasteiger partial charge in [-0.15, -0.1) is 0 Å². The van der Waals surface area contributed by atoms with Crippen LogP contribution in [-0.4, -0.2) is 41.8 Å². The van der Waals surface area contributed by atoms with Crippen LogP contribution in [0.3, 0.4) is 0 Å². The van der Waals surface area contributed by atoms with E-state index in [2.05, 4.69) is 16.8 Å². The molecule has 2 aliphatic rings. The molecule has 2 heterocycles. The van der Waals surface area contributed by atoms with Gasteiger partial charge >= 0.3 is 6.18 Å². The molecule has 1 fully saturated rings. The Balaban J connectivity index is 1.60. The first-order chi connectivity index (χ1) is 13.0. The monoisotopic (exact) mass is 372 g/mol. The van der Waals surface area contributed by atoms with Gasteiger partial charge in [0.1, 0.15) is 0 Å². The predicted molar refractivity (Wildman–Crippen MR) is 95.1 cm³/mol. The second-order valence-electron chi connectivity index (χ2n) is 6.86. The van der Waals surface area contributed by atoms with Gasteiger partial charge in [0.15, 0.2) is 0 Å². The number of halogens is 3. The second-order valence-corrected chi connectivity index (χ2v) is 6.86. The number of hydrogen-bond donors (Lipinski definition) is 0. The molecule has 3 nitrogen and oxygen atoms in total. The molecule has 0 radical (unpaired) electrons. The summed E-state index contributed by atoms with van der Waals surface area (Å²) in [5.74, 6) is 6.18. The van der Waals surface area contributed by atoms with Crippen LogP contribution in [-0.2, 0) is 11.2 Å². The maximum absolute atomic E-state index is 12.9. The summed E-state index contributed by atoms with van der Waals surface area (Å²) in [7, 11) is 0. The number of nitrogens with zero attached hydrogens (tertiary/aromatic N) is 2. The third-order valence-electron chi connectivity index (χ3n) is 4.99. The molecule has 0 amide bonds. The minimum Gasteiger partial charge on any atom is -0.370 e. The molecule has 27 heavy (non-hydrogen) atoms. The van der Waals surface area contributed by atoms with Crippen molar-refractivity contribution < 1.29 is 17.9 Å². The Bertz CT molecular complexity index is 870. The van der Waals surface area contributed by atoms with Gasteiger partial charge in [-0.2, -0.15) is 13.2 Å². The quantitative estimate of drug-likeness (QED) is 0.714. The first-order valence-corrected chi connectivity index (χ1v) is 8.98. The van der Waals surface area contributed by atoms with Crippen molar-refractivity contribution in [2.24, 2.45) is 0 Å². The van der Waals surface area contributed by atoms with Gasteiger partial charge in [0.25, 0.3) is 0 Å². The maximum atomic E-state index is 12.9. The van der Waals surface area contributed by atoms with E-state index in [-0.39, 0.29) is 18.8 Å². The van der Waals surface area contributed by atoms with Crippen LogP contribution in [0.5, 0.6) is 0 Å². The van der Waals surface area contributed by atoms with E-state index < -0.39 is 12.7 Å². The number of aromatic nitrogens is 1. The molecule has 0 saturated carbocycles. The maximum Gasteiger partial charge on any atom is 0.401 e. The number of aryl methyl sites for hydroxylation is 1. The fourth-order valence-corrected chi connectivity index (χ4v) is 3.81. The lowest BCUT2D eigenvalue weighted by molar-refractivity contribution is -0.175. The highest BCUT2D eigenvalue weighted by atomic mass is 19.4. The highest BCUT2D eigenvalue weighted by Crippen LogP contribution is 2.38. The summed E-state index contributed by atoms with van der Waals surface area (Å²) in [4.78, 5) is 6.00. The number of hydrogen-bond acceptors (Lipinski definition) is 3. The Kier molecular flexibility index (Phi) is 4.90. The Morgan fingerprint density at radius 2 is 1.93 bits per heavy atom. The topological polar surface area (TPSA) is 25.4 Å². The Hall–Kier alpha value is -2.36. The van der Waals surface area contributed by atoms with Crippen LogP contribution < -0.4 is 0 Å². The third kappa shape index (κ3) is 4.15. The van der Waals surface area contributed by atoms with Crippen LogP contribution in [0.25, 0.3) is 0 Å². The Morgan fingerprint density at radius 1 is 1.15 bits per heavy atom. The van der Waals surface area contributed by atoms with Crippen molar-refractivity contribution >= 4 is 0 Å². The molecule has 1 saturated heterocycles. The first kappa shape index (κ1) is 18.0. The van der Waals surface area contributed by atoms with Crippen LogP contribution in [0, 0.1) is 11.8 Å². The number of ether oxygens (including phenoxy) is 1. The van der Waals surface area contributed by atoms with Gasteiger partial charge in [-0.1, -0.05) is 30.0 Å². The lowest BCUT2D eigenvalue weighted by Crippen LogP contribution is -2.52. The van der Waals surface area contributed by atoms with Crippen molar-refractivity contribution in [3.8, 4) is 11.8 Å². The molecule has 6 heteroatoms. The average molecular weight is 372 g/mol. The molecule has 4 rings (SSSR count). The summed E-state index contributed by atoms with van der Waals surface area (Å²) in [5, 5.41) is 0. The normalized spacial score (nSPS) is 22.3. The van der Waals surface area contributed by atoms with Crippen LogP contribution in [0.4, 0.5) is 13.2 Å². The summed E-state index contributed by atoms with van der Waals surface area (Å²) in [6.45, 7) is -0.304. The number of pyridine rings is 1. The van der Waals surface area contributed by atoms with E-state index in [0.717, 1.165) is 22.4 Å². The lowest BCUT2D eigenvalue weighted by Gasteiger charge is -2.44. The third-order valence-corrected chi connectivity index (χ3v) is 4.99. The summed E-state index contributed by atoms with van der Waals surface area (Å²) < 4.78 is 44.6. The predicted octanol–water partition coefficient (Wildman–Crippen LogP) is 3.73. The Labute approximate surface area is 156 Å². The molecule has 140 valence electrons. The summed E-state index contributed by atoms with van der Waals surface area (Å²) in [5.41, 5.74) is 3.42. The second kappa shape index (κ2) is 7.34. The molecule has 1 aromatic heterocycles. The van der Waals surface area contributed by atoms with Gasteiger partial charge < -0.3 is 4.74 Å². The Morgan fingerprint density at radius 3 is 2.70 bits per heavy atom. The average Bonchev–Trinajstić information content (AvgIpc) is 2.66. The first-order valence-electron chi connectivity index (χ1n) is 8.98. The molecule has 2 atom stereocenters. The summed E-state index contributed by atoms with van der Waals surface area (Å²) in [6.07, 6.45) is -1.58. The molecule has 0 unspecified atom stereocenters. The van der Waals surface area contributed by atoms with Crippen molar-refractivity contribution in [2.45, 2.75) is 31.2 Å². The zero-order valence-electron chi connectivity index (χ0n) is 14.7. The molecule has 1 aliphatic heterocycles. The van der Waals surface area contributed by atoms with Crippen LogP contribution in [0.15, 0.2) is 42.6 Å². The molecule has 0 spiro atoms. The largest absolute Gasteiger partial charge is 0.401 e. The van der Waals surface area contributed by atoms with Crippen LogP contribution >= 0.6 is 0 Å². The minimum absolute atomic E-state index is 0.271. The van der Waals surface area contributed by atoms with Crippen LogP contribution in [0.2, 0.25) is 0 Å². The van der Waals surface area contributed by atoms with E-state index in [1.54, 1.807) is 6.20 Å². The van der Waals surface area contributed by atoms with Crippen molar-refractivity contribution in [3.63, 3.8) is 0 Å². The van der Waals surface area contributed by atoms with Crippen molar-refractivity contribution in [1.82, 2.24) is 9.88 Å². The summed E-state index contributed by atoms with van der Waals surface area (Å²) >= 11 is 0. The molecular weight excluding hydrogens is 353 g/mol. The fourth-order valence-electron chi connectivity index (χ4n) is 3.81. The molecule has 0 bridgehead atoms. The molecule has 2 aromatic rings. The van der Waals surface area contributed by atoms with E-state index in [9.17, 15) is 13.2 Å². The van der Waals surface area contributed by atoms with E-state index in [0.29, 0.717) is 19.4 Å². The zero-order valence-corrected chi connectivity index (χ0v) is 14.7. The van der Waals surface area contributed by atoms with Crippen molar-refractivity contribution in [2.75, 3.05) is 19.7 Å². The standard InChI is InChI=1S/C21H19F3N2O/c22-21(23,24)14-26-10-11-27-20-17-12-16(7-6-15-4-2-1-3-5-15)13-25-18(17)8-9-19(20)26/h1-5,12-13,19-20H,8-11,14H2/t19-,20+/m0/s1. The van der Waals surface area contributed by atoms with Gasteiger partial charge in [0.05, 0.1) is 19.3 Å². The van der Waals surface area contributed by atoms with E-state index in [1.807, 2.05) is 36.4 Å².